The number of amides is 1. The van der Waals surface area contributed by atoms with E-state index in [0.29, 0.717) is 30.2 Å². The molecule has 0 radical (unpaired) electrons. The number of carbonyl (C=O) groups is 1. The summed E-state index contributed by atoms with van der Waals surface area (Å²) < 4.78 is 29.6. The Labute approximate surface area is 158 Å². The Balaban J connectivity index is 1.61. The van der Waals surface area contributed by atoms with Crippen LogP contribution in [0.15, 0.2) is 23.1 Å². The number of rotatable bonds is 3. The van der Waals surface area contributed by atoms with Gasteiger partial charge in [-0.05, 0) is 24.5 Å². The van der Waals surface area contributed by atoms with E-state index in [9.17, 15) is 18.4 Å². The van der Waals surface area contributed by atoms with Crippen LogP contribution in [0.3, 0.4) is 0 Å². The van der Waals surface area contributed by atoms with Crippen LogP contribution in [0.25, 0.3) is 0 Å². The van der Waals surface area contributed by atoms with Crippen LogP contribution in [-0.2, 0) is 17.8 Å². The fraction of sp³-hybridized carbons (Fsp3) is 0.529. The minimum atomic E-state index is -1.67. The Morgan fingerprint density at radius 2 is 2.00 bits per heavy atom. The number of aromatic nitrogens is 4. The maximum atomic E-state index is 13.5. The number of halogens is 3. The molecule has 0 saturated carbocycles. The molecule has 4 rings (SSSR count). The summed E-state index contributed by atoms with van der Waals surface area (Å²) in [5.74, 6) is 0.0906. The second kappa shape index (κ2) is 7.03. The lowest BCUT2D eigenvalue weighted by Gasteiger charge is -2.26. The summed E-state index contributed by atoms with van der Waals surface area (Å²) in [6.07, 6.45) is -0.0840. The quantitative estimate of drug-likeness (QED) is 0.736. The third-order valence-electron chi connectivity index (χ3n) is 5.03. The largest absolute Gasteiger partial charge is 0.346 e. The van der Waals surface area contributed by atoms with E-state index in [2.05, 4.69) is 10.1 Å². The van der Waals surface area contributed by atoms with Gasteiger partial charge in [0.1, 0.15) is 17.0 Å². The van der Waals surface area contributed by atoms with Crippen LogP contribution >= 0.6 is 11.6 Å². The molecule has 10 heteroatoms. The SMILES string of the molecule is O=C([C@@H]1CCCc2nn(Cc3ccc(Cl)nc3)c(=O)n21)N1C[C@@H](F)[C@@H](F)C1. The van der Waals surface area contributed by atoms with Gasteiger partial charge in [0.15, 0.2) is 12.3 Å². The van der Waals surface area contributed by atoms with E-state index >= 15 is 0 Å². The summed E-state index contributed by atoms with van der Waals surface area (Å²) in [7, 11) is 0. The molecular weight excluding hydrogens is 380 g/mol. The third-order valence-corrected chi connectivity index (χ3v) is 5.25. The first-order chi connectivity index (χ1) is 12.9. The van der Waals surface area contributed by atoms with Gasteiger partial charge >= 0.3 is 5.69 Å². The number of pyridine rings is 1. The first kappa shape index (κ1) is 18.1. The molecule has 0 aliphatic carbocycles. The van der Waals surface area contributed by atoms with Gasteiger partial charge in [-0.1, -0.05) is 17.7 Å². The van der Waals surface area contributed by atoms with E-state index in [-0.39, 0.29) is 19.6 Å². The van der Waals surface area contributed by atoms with Crippen LogP contribution in [0.1, 0.15) is 30.3 Å². The molecular formula is C17H18ClF2N5O2. The first-order valence-electron chi connectivity index (χ1n) is 8.79. The van der Waals surface area contributed by atoms with Crippen LogP contribution in [0.5, 0.6) is 0 Å². The summed E-state index contributed by atoms with van der Waals surface area (Å²) in [5, 5.41) is 4.70. The number of fused-ring (bicyclic) bond motifs is 1. The first-order valence-corrected chi connectivity index (χ1v) is 9.17. The van der Waals surface area contributed by atoms with Gasteiger partial charge in [0.25, 0.3) is 0 Å². The molecule has 0 aromatic carbocycles. The molecule has 144 valence electrons. The molecule has 4 heterocycles. The normalized spacial score (nSPS) is 24.9. The number of nitrogens with zero attached hydrogens (tertiary/aromatic N) is 5. The lowest BCUT2D eigenvalue weighted by Crippen LogP contribution is -2.42. The van der Waals surface area contributed by atoms with Gasteiger partial charge in [-0.2, -0.15) is 5.10 Å². The Bertz CT molecular complexity index is 903. The number of hydrogen-bond donors (Lipinski definition) is 0. The molecule has 1 fully saturated rings. The highest BCUT2D eigenvalue weighted by Gasteiger charge is 2.40. The van der Waals surface area contributed by atoms with Crippen LogP contribution in [0, 0.1) is 0 Å². The predicted molar refractivity (Wildman–Crippen MR) is 93.2 cm³/mol. The maximum Gasteiger partial charge on any atom is 0.346 e. The monoisotopic (exact) mass is 397 g/mol. The van der Waals surface area contributed by atoms with E-state index in [1.807, 2.05) is 0 Å². The van der Waals surface area contributed by atoms with Gasteiger partial charge in [0, 0.05) is 12.6 Å². The van der Waals surface area contributed by atoms with Gasteiger partial charge in [0.2, 0.25) is 5.91 Å². The average Bonchev–Trinajstić information content (AvgIpc) is 3.16. The van der Waals surface area contributed by atoms with E-state index in [0.717, 1.165) is 5.56 Å². The zero-order valence-corrected chi connectivity index (χ0v) is 15.1. The third kappa shape index (κ3) is 3.36. The standard InChI is InChI=1S/C17H18ClF2N5O2/c18-14-5-4-10(6-21-14)7-24-17(27)25-13(2-1-3-15(25)22-24)16(26)23-8-11(19)12(20)9-23/h4-6,11-13H,1-3,7-9H2/t11-,12+,13-/m0/s1. The molecule has 1 saturated heterocycles. The number of alkyl halides is 2. The fourth-order valence-electron chi connectivity index (χ4n) is 3.66. The number of aryl methyl sites for hydroxylation is 1. The van der Waals surface area contributed by atoms with Crippen LogP contribution in [-0.4, -0.2) is 55.6 Å². The van der Waals surface area contributed by atoms with Crippen LogP contribution in [0.4, 0.5) is 8.78 Å². The van der Waals surface area contributed by atoms with E-state index in [1.165, 1.54) is 14.1 Å². The van der Waals surface area contributed by atoms with Crippen molar-refractivity contribution in [2.24, 2.45) is 0 Å². The zero-order valence-electron chi connectivity index (χ0n) is 14.4. The molecule has 7 nitrogen and oxygen atoms in total. The van der Waals surface area contributed by atoms with Crippen molar-refractivity contribution in [1.29, 1.82) is 0 Å². The van der Waals surface area contributed by atoms with E-state index in [4.69, 9.17) is 11.6 Å². The molecule has 0 N–H and O–H groups in total. The lowest BCUT2D eigenvalue weighted by molar-refractivity contribution is -0.134. The van der Waals surface area contributed by atoms with Crippen molar-refractivity contribution < 1.29 is 13.6 Å². The molecule has 0 bridgehead atoms. The second-order valence-corrected chi connectivity index (χ2v) is 7.29. The summed E-state index contributed by atoms with van der Waals surface area (Å²) in [6.45, 7) is -0.344. The van der Waals surface area contributed by atoms with Crippen molar-refractivity contribution in [3.05, 3.63) is 45.4 Å². The molecule has 3 atom stereocenters. The fourth-order valence-corrected chi connectivity index (χ4v) is 3.77. The predicted octanol–water partition coefficient (Wildman–Crippen LogP) is 1.54. The summed E-state index contributed by atoms with van der Waals surface area (Å²) in [6, 6.07) is 2.60. The van der Waals surface area contributed by atoms with Crippen molar-refractivity contribution in [1.82, 2.24) is 24.2 Å². The highest BCUT2D eigenvalue weighted by atomic mass is 35.5. The lowest BCUT2D eigenvalue weighted by atomic mass is 10.0. The van der Waals surface area contributed by atoms with Crippen LogP contribution in [0.2, 0.25) is 5.15 Å². The minimum Gasteiger partial charge on any atom is -0.335 e. The molecule has 2 aliphatic heterocycles. The number of carbonyl (C=O) groups excluding carboxylic acids is 1. The van der Waals surface area contributed by atoms with Crippen molar-refractivity contribution in [3.63, 3.8) is 0 Å². The summed E-state index contributed by atoms with van der Waals surface area (Å²) in [4.78, 5) is 30.8. The van der Waals surface area contributed by atoms with E-state index < -0.39 is 30.0 Å². The second-order valence-electron chi connectivity index (χ2n) is 6.90. The van der Waals surface area contributed by atoms with Gasteiger partial charge in [-0.3, -0.25) is 9.36 Å². The minimum absolute atomic E-state index is 0.201. The van der Waals surface area contributed by atoms with Crippen molar-refractivity contribution in [2.45, 2.75) is 44.2 Å². The topological polar surface area (TPSA) is 73.0 Å². The number of hydrogen-bond acceptors (Lipinski definition) is 4. The molecule has 1 amide bonds. The van der Waals surface area contributed by atoms with Gasteiger partial charge in [-0.15, -0.1) is 0 Å². The maximum absolute atomic E-state index is 13.5. The Kier molecular flexibility index (Phi) is 4.71. The molecule has 2 aromatic heterocycles. The van der Waals surface area contributed by atoms with Gasteiger partial charge in [-0.25, -0.2) is 23.2 Å². The molecule has 0 spiro atoms. The van der Waals surface area contributed by atoms with Crippen molar-refractivity contribution in [2.75, 3.05) is 13.1 Å². The highest BCUT2D eigenvalue weighted by Crippen LogP contribution is 2.27. The van der Waals surface area contributed by atoms with E-state index in [1.54, 1.807) is 18.3 Å². The molecule has 0 unspecified atom stereocenters. The highest BCUT2D eigenvalue weighted by molar-refractivity contribution is 6.29. The number of likely N-dealkylation sites (tertiary alicyclic amines) is 1. The molecule has 27 heavy (non-hydrogen) atoms. The Morgan fingerprint density at radius 3 is 2.67 bits per heavy atom. The molecule has 2 aliphatic rings. The zero-order chi connectivity index (χ0) is 19.1. The average molecular weight is 398 g/mol. The van der Waals surface area contributed by atoms with Gasteiger partial charge < -0.3 is 4.90 Å². The Hall–Kier alpha value is -2.29. The summed E-state index contributed by atoms with van der Waals surface area (Å²) in [5.41, 5.74) is 0.339. The van der Waals surface area contributed by atoms with Gasteiger partial charge in [0.05, 0.1) is 19.6 Å². The molecule has 2 aromatic rings. The van der Waals surface area contributed by atoms with Crippen molar-refractivity contribution >= 4 is 17.5 Å². The van der Waals surface area contributed by atoms with Crippen LogP contribution < -0.4 is 5.69 Å². The van der Waals surface area contributed by atoms with Crippen molar-refractivity contribution in [3.8, 4) is 0 Å². The Morgan fingerprint density at radius 1 is 1.26 bits per heavy atom. The smallest absolute Gasteiger partial charge is 0.335 e. The summed E-state index contributed by atoms with van der Waals surface area (Å²) >= 11 is 5.77.